The van der Waals surface area contributed by atoms with E-state index in [1.807, 2.05) is 18.2 Å². The molecule has 2 amide bonds. The smallest absolute Gasteiger partial charge is 0.233 e. The first-order valence-corrected chi connectivity index (χ1v) is 8.20. The molecule has 1 aliphatic heterocycles. The van der Waals surface area contributed by atoms with Gasteiger partial charge in [0.2, 0.25) is 11.8 Å². The number of hydrogen-bond donors (Lipinski definition) is 2. The molecule has 1 aromatic heterocycles. The molecule has 21 heavy (non-hydrogen) atoms. The van der Waals surface area contributed by atoms with Crippen molar-refractivity contribution in [1.82, 2.24) is 0 Å². The van der Waals surface area contributed by atoms with Gasteiger partial charge in [0.1, 0.15) is 6.42 Å². The molecule has 1 unspecified atom stereocenters. The van der Waals surface area contributed by atoms with Crippen molar-refractivity contribution < 1.29 is 9.59 Å². The number of alkyl halides is 1. The standard InChI is InChI=1S/C14H10BrClN2O2S/c15-11-4-3-10(21-11)14(16)7-1-2-8-9(5-7)18-13(20)6-12(19)17-8/h1-5,14H,6H2,(H,17,19)(H,18,20). The first-order valence-electron chi connectivity index (χ1n) is 6.16. The van der Waals surface area contributed by atoms with Gasteiger partial charge in [0.25, 0.3) is 0 Å². The number of carbonyl (C=O) groups excluding carboxylic acids is 2. The first kappa shape index (κ1) is 14.6. The lowest BCUT2D eigenvalue weighted by Crippen LogP contribution is -2.16. The van der Waals surface area contributed by atoms with Crippen LogP contribution in [0.5, 0.6) is 0 Å². The molecule has 0 spiro atoms. The van der Waals surface area contributed by atoms with Gasteiger partial charge in [-0.3, -0.25) is 9.59 Å². The van der Waals surface area contributed by atoms with Crippen molar-refractivity contribution in [1.29, 1.82) is 0 Å². The Morgan fingerprint density at radius 2 is 1.81 bits per heavy atom. The fourth-order valence-corrected chi connectivity index (χ4v) is 3.87. The van der Waals surface area contributed by atoms with Gasteiger partial charge in [0, 0.05) is 4.88 Å². The molecule has 1 aliphatic rings. The van der Waals surface area contributed by atoms with Crippen molar-refractivity contribution in [3.63, 3.8) is 0 Å². The zero-order valence-electron chi connectivity index (χ0n) is 10.7. The number of amides is 2. The second-order valence-corrected chi connectivity index (χ2v) is 7.51. The Labute approximate surface area is 138 Å². The summed E-state index contributed by atoms with van der Waals surface area (Å²) in [5.41, 5.74) is 2.02. The van der Waals surface area contributed by atoms with Crippen LogP contribution in [0.1, 0.15) is 22.2 Å². The summed E-state index contributed by atoms with van der Waals surface area (Å²) in [6.45, 7) is 0. The fraction of sp³-hybridized carbons (Fsp3) is 0.143. The van der Waals surface area contributed by atoms with Crippen LogP contribution in [0.15, 0.2) is 34.1 Å². The van der Waals surface area contributed by atoms with E-state index in [0.717, 1.165) is 14.2 Å². The van der Waals surface area contributed by atoms with Crippen LogP contribution in [0.25, 0.3) is 0 Å². The maximum atomic E-state index is 11.6. The number of hydrogen-bond acceptors (Lipinski definition) is 3. The largest absolute Gasteiger partial charge is 0.324 e. The number of nitrogens with one attached hydrogen (secondary N) is 2. The van der Waals surface area contributed by atoms with E-state index < -0.39 is 0 Å². The van der Waals surface area contributed by atoms with Gasteiger partial charge in [-0.15, -0.1) is 22.9 Å². The highest BCUT2D eigenvalue weighted by Crippen LogP contribution is 2.38. The topological polar surface area (TPSA) is 58.2 Å². The van der Waals surface area contributed by atoms with Crippen molar-refractivity contribution in [3.8, 4) is 0 Å². The lowest BCUT2D eigenvalue weighted by Gasteiger charge is -2.12. The number of rotatable bonds is 2. The third-order valence-corrected chi connectivity index (χ3v) is 5.35. The zero-order chi connectivity index (χ0) is 15.0. The van der Waals surface area contributed by atoms with Crippen molar-refractivity contribution >= 4 is 62.1 Å². The number of thiophene rings is 1. The van der Waals surface area contributed by atoms with Crippen LogP contribution >= 0.6 is 38.9 Å². The zero-order valence-corrected chi connectivity index (χ0v) is 13.8. The Balaban J connectivity index is 1.95. The number of carbonyl (C=O) groups is 2. The van der Waals surface area contributed by atoms with Crippen LogP contribution in [-0.2, 0) is 9.59 Å². The second-order valence-electron chi connectivity index (χ2n) is 4.58. The number of fused-ring (bicyclic) bond motifs is 1. The van der Waals surface area contributed by atoms with Gasteiger partial charge in [0.15, 0.2) is 0 Å². The molecule has 2 heterocycles. The molecule has 108 valence electrons. The van der Waals surface area contributed by atoms with Crippen LogP contribution < -0.4 is 10.6 Å². The van der Waals surface area contributed by atoms with Crippen LogP contribution in [-0.4, -0.2) is 11.8 Å². The molecule has 1 atom stereocenters. The molecule has 4 nitrogen and oxygen atoms in total. The van der Waals surface area contributed by atoms with Crippen molar-refractivity contribution in [2.75, 3.05) is 10.6 Å². The summed E-state index contributed by atoms with van der Waals surface area (Å²) in [5.74, 6) is -0.642. The third-order valence-electron chi connectivity index (χ3n) is 3.05. The molecule has 0 aliphatic carbocycles. The molecule has 0 bridgehead atoms. The molecule has 0 fully saturated rings. The summed E-state index contributed by atoms with van der Waals surface area (Å²) in [5, 5.41) is 5.11. The maximum absolute atomic E-state index is 11.6. The molecule has 0 saturated carbocycles. The Morgan fingerprint density at radius 1 is 1.10 bits per heavy atom. The Hall–Kier alpha value is -1.37. The summed E-state index contributed by atoms with van der Waals surface area (Å²) in [7, 11) is 0. The quantitative estimate of drug-likeness (QED) is 0.603. The van der Waals surface area contributed by atoms with Crippen molar-refractivity contribution in [2.45, 2.75) is 11.8 Å². The van der Waals surface area contributed by atoms with E-state index in [2.05, 4.69) is 26.6 Å². The summed E-state index contributed by atoms with van der Waals surface area (Å²) >= 11 is 11.5. The lowest BCUT2D eigenvalue weighted by molar-refractivity contribution is -0.123. The summed E-state index contributed by atoms with van der Waals surface area (Å²) in [6, 6.07) is 9.30. The molecular weight excluding hydrogens is 376 g/mol. The molecule has 2 N–H and O–H groups in total. The average Bonchev–Trinajstić information content (AvgIpc) is 2.79. The predicted molar refractivity (Wildman–Crippen MR) is 88.0 cm³/mol. The predicted octanol–water partition coefficient (Wildman–Crippen LogP) is 4.12. The number of benzene rings is 1. The van der Waals surface area contributed by atoms with Gasteiger partial charge >= 0.3 is 0 Å². The van der Waals surface area contributed by atoms with E-state index in [9.17, 15) is 9.59 Å². The highest BCUT2D eigenvalue weighted by molar-refractivity contribution is 9.11. The van der Waals surface area contributed by atoms with E-state index in [1.165, 1.54) is 0 Å². The van der Waals surface area contributed by atoms with Crippen LogP contribution in [0.3, 0.4) is 0 Å². The molecule has 3 rings (SSSR count). The molecule has 7 heteroatoms. The van der Waals surface area contributed by atoms with E-state index >= 15 is 0 Å². The minimum Gasteiger partial charge on any atom is -0.324 e. The number of halogens is 2. The van der Waals surface area contributed by atoms with E-state index in [-0.39, 0.29) is 23.6 Å². The fourth-order valence-electron chi connectivity index (χ4n) is 2.10. The molecule has 1 aromatic carbocycles. The minimum atomic E-state index is -0.326. The minimum absolute atomic E-state index is 0.174. The van der Waals surface area contributed by atoms with Gasteiger partial charge in [-0.05, 0) is 45.8 Å². The highest BCUT2D eigenvalue weighted by Gasteiger charge is 2.20. The van der Waals surface area contributed by atoms with Crippen molar-refractivity contribution in [2.24, 2.45) is 0 Å². The highest BCUT2D eigenvalue weighted by atomic mass is 79.9. The molecule has 0 radical (unpaired) electrons. The summed E-state index contributed by atoms with van der Waals surface area (Å²) < 4.78 is 1.01. The average molecular weight is 386 g/mol. The summed E-state index contributed by atoms with van der Waals surface area (Å²) in [6.07, 6.45) is -0.174. The van der Waals surface area contributed by atoms with E-state index in [4.69, 9.17) is 11.6 Å². The van der Waals surface area contributed by atoms with Crippen LogP contribution in [0.4, 0.5) is 11.4 Å². The van der Waals surface area contributed by atoms with Gasteiger partial charge in [-0.1, -0.05) is 6.07 Å². The van der Waals surface area contributed by atoms with Crippen LogP contribution in [0.2, 0.25) is 0 Å². The SMILES string of the molecule is O=C1CC(=O)Nc2cc(C(Cl)c3ccc(Br)s3)ccc2N1. The third kappa shape index (κ3) is 3.12. The van der Waals surface area contributed by atoms with Crippen molar-refractivity contribution in [3.05, 3.63) is 44.6 Å². The monoisotopic (exact) mass is 384 g/mol. The first-order chi connectivity index (χ1) is 10.0. The Morgan fingerprint density at radius 3 is 2.48 bits per heavy atom. The maximum Gasteiger partial charge on any atom is 0.233 e. The van der Waals surface area contributed by atoms with E-state index in [0.29, 0.717) is 11.4 Å². The van der Waals surface area contributed by atoms with Crippen LogP contribution in [0, 0.1) is 0 Å². The molecular formula is C14H10BrClN2O2S. The van der Waals surface area contributed by atoms with E-state index in [1.54, 1.807) is 23.5 Å². The van der Waals surface area contributed by atoms with Gasteiger partial charge in [0.05, 0.1) is 20.5 Å². The van der Waals surface area contributed by atoms with Gasteiger partial charge in [-0.25, -0.2) is 0 Å². The Kier molecular flexibility index (Phi) is 4.01. The summed E-state index contributed by atoms with van der Waals surface area (Å²) in [4.78, 5) is 24.1. The van der Waals surface area contributed by atoms with Gasteiger partial charge < -0.3 is 10.6 Å². The molecule has 2 aromatic rings. The normalized spacial score (nSPS) is 15.7. The van der Waals surface area contributed by atoms with Gasteiger partial charge in [-0.2, -0.15) is 0 Å². The molecule has 0 saturated heterocycles. The second kappa shape index (κ2) is 5.79. The number of anilines is 2. The Bertz CT molecular complexity index is 732. The lowest BCUT2D eigenvalue weighted by atomic mass is 10.1.